The van der Waals surface area contributed by atoms with E-state index in [2.05, 4.69) is 4.72 Å². The van der Waals surface area contributed by atoms with E-state index in [1.165, 1.54) is 19.2 Å². The molecule has 0 saturated heterocycles. The van der Waals surface area contributed by atoms with Gasteiger partial charge in [0.1, 0.15) is 5.75 Å². The predicted molar refractivity (Wildman–Crippen MR) is 78.1 cm³/mol. The zero-order chi connectivity index (χ0) is 14.6. The molecule has 0 radical (unpaired) electrons. The van der Waals surface area contributed by atoms with Gasteiger partial charge >= 0.3 is 0 Å². The van der Waals surface area contributed by atoms with Crippen molar-refractivity contribution >= 4 is 15.7 Å². The van der Waals surface area contributed by atoms with E-state index in [0.717, 1.165) is 5.56 Å². The second-order valence-corrected chi connectivity index (χ2v) is 5.83. The molecule has 2 aromatic carbocycles. The number of anilines is 1. The van der Waals surface area contributed by atoms with Crippen molar-refractivity contribution in [2.24, 2.45) is 5.73 Å². The molecular weight excluding hydrogens is 276 g/mol. The van der Waals surface area contributed by atoms with Crippen LogP contribution in [0.4, 0.5) is 5.69 Å². The van der Waals surface area contributed by atoms with E-state index in [1.54, 1.807) is 30.3 Å². The molecule has 0 aliphatic heterocycles. The molecule has 0 unspecified atom stereocenters. The molecule has 2 aromatic rings. The van der Waals surface area contributed by atoms with Gasteiger partial charge in [0, 0.05) is 12.6 Å². The molecule has 0 amide bonds. The maximum absolute atomic E-state index is 12.3. The normalized spacial score (nSPS) is 11.1. The van der Waals surface area contributed by atoms with Gasteiger partial charge in [-0.3, -0.25) is 4.72 Å². The Bertz CT molecular complexity index is 699. The zero-order valence-corrected chi connectivity index (χ0v) is 11.9. The number of methoxy groups -OCH3 is 1. The number of sulfonamides is 1. The first-order chi connectivity index (χ1) is 9.56. The van der Waals surface area contributed by atoms with E-state index in [4.69, 9.17) is 10.5 Å². The van der Waals surface area contributed by atoms with Crippen molar-refractivity contribution in [3.63, 3.8) is 0 Å². The highest BCUT2D eigenvalue weighted by atomic mass is 32.2. The maximum atomic E-state index is 12.3. The van der Waals surface area contributed by atoms with Crippen LogP contribution in [-0.2, 0) is 16.6 Å². The molecule has 2 rings (SSSR count). The topological polar surface area (TPSA) is 81.4 Å². The summed E-state index contributed by atoms with van der Waals surface area (Å²) in [7, 11) is -2.18. The predicted octanol–water partition coefficient (Wildman–Crippen LogP) is 1.95. The average Bonchev–Trinajstić information content (AvgIpc) is 2.47. The van der Waals surface area contributed by atoms with Crippen molar-refractivity contribution in [2.45, 2.75) is 11.4 Å². The lowest BCUT2D eigenvalue weighted by molar-refractivity contribution is 0.413. The lowest BCUT2D eigenvalue weighted by Gasteiger charge is -2.12. The summed E-state index contributed by atoms with van der Waals surface area (Å²) in [5, 5.41) is 0. The third kappa shape index (κ3) is 3.09. The van der Waals surface area contributed by atoms with Gasteiger partial charge in [0.15, 0.2) is 0 Å². The average molecular weight is 292 g/mol. The Morgan fingerprint density at radius 3 is 2.60 bits per heavy atom. The van der Waals surface area contributed by atoms with Gasteiger partial charge in [-0.1, -0.05) is 24.3 Å². The molecule has 0 saturated carbocycles. The van der Waals surface area contributed by atoms with Crippen molar-refractivity contribution in [1.82, 2.24) is 0 Å². The summed E-state index contributed by atoms with van der Waals surface area (Å²) in [5.74, 6) is 0.486. The molecule has 106 valence electrons. The first-order valence-corrected chi connectivity index (χ1v) is 7.50. The van der Waals surface area contributed by atoms with E-state index < -0.39 is 10.0 Å². The van der Waals surface area contributed by atoms with Gasteiger partial charge in [-0.15, -0.1) is 0 Å². The van der Waals surface area contributed by atoms with Gasteiger partial charge in [-0.05, 0) is 23.8 Å². The lowest BCUT2D eigenvalue weighted by Crippen LogP contribution is -2.15. The van der Waals surface area contributed by atoms with Crippen LogP contribution in [0.25, 0.3) is 0 Å². The summed E-state index contributed by atoms with van der Waals surface area (Å²) in [6.07, 6.45) is 0. The van der Waals surface area contributed by atoms with Crippen LogP contribution >= 0.6 is 0 Å². The second-order valence-electron chi connectivity index (χ2n) is 4.15. The minimum Gasteiger partial charge on any atom is -0.497 e. The smallest absolute Gasteiger partial charge is 0.262 e. The lowest BCUT2D eigenvalue weighted by atomic mass is 10.2. The van der Waals surface area contributed by atoms with Crippen LogP contribution in [0, 0.1) is 0 Å². The van der Waals surface area contributed by atoms with Gasteiger partial charge in [0.2, 0.25) is 0 Å². The van der Waals surface area contributed by atoms with E-state index in [1.807, 2.05) is 6.07 Å². The van der Waals surface area contributed by atoms with Crippen LogP contribution in [-0.4, -0.2) is 15.5 Å². The van der Waals surface area contributed by atoms with Crippen molar-refractivity contribution in [2.75, 3.05) is 11.8 Å². The largest absolute Gasteiger partial charge is 0.497 e. The molecule has 0 atom stereocenters. The molecule has 5 nitrogen and oxygen atoms in total. The quantitative estimate of drug-likeness (QED) is 0.882. The van der Waals surface area contributed by atoms with Gasteiger partial charge in [0.05, 0.1) is 17.7 Å². The van der Waals surface area contributed by atoms with Crippen molar-refractivity contribution in [3.05, 3.63) is 54.1 Å². The summed E-state index contributed by atoms with van der Waals surface area (Å²) in [4.78, 5) is 0.142. The summed E-state index contributed by atoms with van der Waals surface area (Å²) in [5.41, 5.74) is 6.82. The fraction of sp³-hybridized carbons (Fsp3) is 0.143. The Balaban J connectivity index is 2.35. The monoisotopic (exact) mass is 292 g/mol. The number of nitrogens with one attached hydrogen (secondary N) is 1. The molecule has 0 aromatic heterocycles. The molecule has 0 spiro atoms. The molecule has 20 heavy (non-hydrogen) atoms. The second kappa shape index (κ2) is 5.94. The number of hydrogen-bond acceptors (Lipinski definition) is 4. The van der Waals surface area contributed by atoms with E-state index in [0.29, 0.717) is 11.4 Å². The van der Waals surface area contributed by atoms with Crippen molar-refractivity contribution in [1.29, 1.82) is 0 Å². The third-order valence-electron chi connectivity index (χ3n) is 2.83. The Morgan fingerprint density at radius 1 is 1.15 bits per heavy atom. The minimum atomic E-state index is -3.66. The minimum absolute atomic E-state index is 0.142. The number of para-hydroxylation sites is 1. The van der Waals surface area contributed by atoms with Crippen LogP contribution in [0.3, 0.4) is 0 Å². The molecule has 3 N–H and O–H groups in total. The van der Waals surface area contributed by atoms with Gasteiger partial charge in [-0.2, -0.15) is 0 Å². The Labute approximate surface area is 118 Å². The Hall–Kier alpha value is -2.05. The molecule has 6 heteroatoms. The standard InChI is InChI=1S/C14H16N2O3S/c1-19-12-6-4-7-13(9-12)20(17,18)16-14-8-3-2-5-11(14)10-15/h2-9,16H,10,15H2,1H3. The van der Waals surface area contributed by atoms with Crippen LogP contribution in [0.2, 0.25) is 0 Å². The van der Waals surface area contributed by atoms with Crippen LogP contribution in [0.15, 0.2) is 53.4 Å². The fourth-order valence-corrected chi connectivity index (χ4v) is 2.91. The highest BCUT2D eigenvalue weighted by Gasteiger charge is 2.16. The summed E-state index contributed by atoms with van der Waals surface area (Å²) < 4.78 is 32.2. The highest BCUT2D eigenvalue weighted by molar-refractivity contribution is 7.92. The summed E-state index contributed by atoms with van der Waals surface area (Å²) >= 11 is 0. The fourth-order valence-electron chi connectivity index (χ4n) is 1.77. The van der Waals surface area contributed by atoms with Crippen LogP contribution < -0.4 is 15.2 Å². The first-order valence-electron chi connectivity index (χ1n) is 6.01. The number of ether oxygens (including phenoxy) is 1. The molecule has 0 heterocycles. The van der Waals surface area contributed by atoms with E-state index in [9.17, 15) is 8.42 Å². The molecule has 0 fully saturated rings. The first kappa shape index (κ1) is 14.4. The summed E-state index contributed by atoms with van der Waals surface area (Å²) in [6.45, 7) is 0.261. The zero-order valence-electron chi connectivity index (χ0n) is 11.0. The number of rotatable bonds is 5. The van der Waals surface area contributed by atoms with Crippen LogP contribution in [0.1, 0.15) is 5.56 Å². The molecule has 0 aliphatic rings. The molecular formula is C14H16N2O3S. The molecule has 0 bridgehead atoms. The van der Waals surface area contributed by atoms with Crippen molar-refractivity contribution < 1.29 is 13.2 Å². The summed E-state index contributed by atoms with van der Waals surface area (Å²) in [6, 6.07) is 13.3. The number of benzene rings is 2. The van der Waals surface area contributed by atoms with Gasteiger partial charge in [0.25, 0.3) is 10.0 Å². The Morgan fingerprint density at radius 2 is 1.90 bits per heavy atom. The van der Waals surface area contributed by atoms with Crippen LogP contribution in [0.5, 0.6) is 5.75 Å². The Kier molecular flexibility index (Phi) is 4.26. The van der Waals surface area contributed by atoms with E-state index >= 15 is 0 Å². The van der Waals surface area contributed by atoms with E-state index in [-0.39, 0.29) is 11.4 Å². The molecule has 0 aliphatic carbocycles. The highest BCUT2D eigenvalue weighted by Crippen LogP contribution is 2.22. The van der Waals surface area contributed by atoms with Gasteiger partial charge < -0.3 is 10.5 Å². The van der Waals surface area contributed by atoms with Crippen molar-refractivity contribution in [3.8, 4) is 5.75 Å². The maximum Gasteiger partial charge on any atom is 0.262 e. The van der Waals surface area contributed by atoms with Gasteiger partial charge in [-0.25, -0.2) is 8.42 Å². The third-order valence-corrected chi connectivity index (χ3v) is 4.20. The number of hydrogen-bond donors (Lipinski definition) is 2. The SMILES string of the molecule is COc1cccc(S(=O)(=O)Nc2ccccc2CN)c1. The number of nitrogens with two attached hydrogens (primary N) is 1.